The van der Waals surface area contributed by atoms with Gasteiger partial charge in [-0.1, -0.05) is 15.9 Å². The van der Waals surface area contributed by atoms with E-state index in [2.05, 4.69) is 21.2 Å². The number of methoxy groups -OCH3 is 1. The van der Waals surface area contributed by atoms with Gasteiger partial charge in [-0.25, -0.2) is 13.2 Å². The maximum absolute atomic E-state index is 13.5. The number of hydrogen-bond donors (Lipinski definition) is 1. The third-order valence-corrected chi connectivity index (χ3v) is 3.14. The minimum Gasteiger partial charge on any atom is -0.496 e. The third kappa shape index (κ3) is 3.36. The topological polar surface area (TPSA) is 38.3 Å². The van der Waals surface area contributed by atoms with Gasteiger partial charge in [0.1, 0.15) is 11.6 Å². The monoisotopic (exact) mass is 359 g/mol. The van der Waals surface area contributed by atoms with Crippen LogP contribution in [0.3, 0.4) is 0 Å². The fraction of sp³-hybridized carbons (Fsp3) is 0.0714. The first-order valence-corrected chi connectivity index (χ1v) is 6.51. The fourth-order valence-corrected chi connectivity index (χ4v) is 2.03. The lowest BCUT2D eigenvalue weighted by Gasteiger charge is -2.10. The smallest absolute Gasteiger partial charge is 0.259 e. The summed E-state index contributed by atoms with van der Waals surface area (Å²) in [7, 11) is 1.36. The van der Waals surface area contributed by atoms with Crippen molar-refractivity contribution in [1.82, 2.24) is 0 Å². The van der Waals surface area contributed by atoms with Gasteiger partial charge < -0.3 is 10.1 Å². The van der Waals surface area contributed by atoms with E-state index in [0.29, 0.717) is 16.6 Å². The highest BCUT2D eigenvalue weighted by molar-refractivity contribution is 9.10. The van der Waals surface area contributed by atoms with Crippen LogP contribution in [0.2, 0.25) is 0 Å². The van der Waals surface area contributed by atoms with Crippen LogP contribution in [0.25, 0.3) is 0 Å². The average molecular weight is 360 g/mol. The Labute approximate surface area is 126 Å². The molecule has 0 saturated carbocycles. The van der Waals surface area contributed by atoms with E-state index in [4.69, 9.17) is 4.74 Å². The lowest BCUT2D eigenvalue weighted by Crippen LogP contribution is -2.15. The van der Waals surface area contributed by atoms with Crippen molar-refractivity contribution in [3.8, 4) is 5.75 Å². The van der Waals surface area contributed by atoms with Crippen molar-refractivity contribution in [2.24, 2.45) is 0 Å². The van der Waals surface area contributed by atoms with Crippen LogP contribution in [0.1, 0.15) is 10.4 Å². The molecule has 0 atom stereocenters. The molecule has 0 radical (unpaired) electrons. The van der Waals surface area contributed by atoms with Gasteiger partial charge in [0, 0.05) is 16.6 Å². The van der Waals surface area contributed by atoms with Crippen LogP contribution in [0.5, 0.6) is 5.75 Å². The Morgan fingerprint density at radius 3 is 2.57 bits per heavy atom. The highest BCUT2D eigenvalue weighted by Crippen LogP contribution is 2.25. The molecule has 0 fully saturated rings. The van der Waals surface area contributed by atoms with Crippen molar-refractivity contribution in [3.63, 3.8) is 0 Å². The molecule has 7 heteroatoms. The average Bonchev–Trinajstić information content (AvgIpc) is 2.43. The van der Waals surface area contributed by atoms with Gasteiger partial charge in [0.15, 0.2) is 11.6 Å². The second kappa shape index (κ2) is 6.17. The second-order valence-electron chi connectivity index (χ2n) is 4.05. The molecule has 0 aliphatic heterocycles. The first-order valence-electron chi connectivity index (χ1n) is 5.72. The van der Waals surface area contributed by atoms with Gasteiger partial charge >= 0.3 is 0 Å². The van der Waals surface area contributed by atoms with Gasteiger partial charge in [-0.3, -0.25) is 4.79 Å². The molecule has 0 spiro atoms. The van der Waals surface area contributed by atoms with E-state index in [1.54, 1.807) is 6.07 Å². The summed E-state index contributed by atoms with van der Waals surface area (Å²) >= 11 is 3.21. The van der Waals surface area contributed by atoms with Crippen molar-refractivity contribution in [3.05, 3.63) is 57.8 Å². The van der Waals surface area contributed by atoms with Gasteiger partial charge in [0.05, 0.1) is 18.4 Å². The molecule has 1 amide bonds. The van der Waals surface area contributed by atoms with Crippen molar-refractivity contribution >= 4 is 27.5 Å². The van der Waals surface area contributed by atoms with Gasteiger partial charge in [-0.2, -0.15) is 0 Å². The first kappa shape index (κ1) is 15.4. The largest absolute Gasteiger partial charge is 0.496 e. The maximum atomic E-state index is 13.5. The number of rotatable bonds is 3. The maximum Gasteiger partial charge on any atom is 0.259 e. The second-order valence-corrected chi connectivity index (χ2v) is 4.96. The minimum atomic E-state index is -1.38. The summed E-state index contributed by atoms with van der Waals surface area (Å²) in [6.45, 7) is 0. The first-order chi connectivity index (χ1) is 9.92. The van der Waals surface area contributed by atoms with E-state index in [1.165, 1.54) is 19.2 Å². The SMILES string of the molecule is COc1cc(Br)ccc1C(=O)Nc1cc(F)cc(F)c1F. The van der Waals surface area contributed by atoms with Crippen molar-refractivity contribution in [2.45, 2.75) is 0 Å². The summed E-state index contributed by atoms with van der Waals surface area (Å²) in [5.41, 5.74) is -0.479. The number of carbonyl (C=O) groups excluding carboxylic acids is 1. The Morgan fingerprint density at radius 2 is 1.90 bits per heavy atom. The number of anilines is 1. The lowest BCUT2D eigenvalue weighted by molar-refractivity contribution is 0.102. The van der Waals surface area contributed by atoms with Crippen LogP contribution in [-0.4, -0.2) is 13.0 Å². The number of carbonyl (C=O) groups is 1. The molecule has 3 nitrogen and oxygen atoms in total. The molecule has 21 heavy (non-hydrogen) atoms. The van der Waals surface area contributed by atoms with Crippen molar-refractivity contribution in [2.75, 3.05) is 12.4 Å². The molecule has 2 aromatic carbocycles. The van der Waals surface area contributed by atoms with Crippen molar-refractivity contribution in [1.29, 1.82) is 0 Å². The number of nitrogens with one attached hydrogen (secondary N) is 1. The molecule has 2 aromatic rings. The lowest BCUT2D eigenvalue weighted by atomic mass is 10.1. The molecule has 0 heterocycles. The molecule has 2 rings (SSSR count). The zero-order chi connectivity index (χ0) is 15.6. The molecule has 1 N–H and O–H groups in total. The molecular weight excluding hydrogens is 351 g/mol. The minimum absolute atomic E-state index is 0.102. The summed E-state index contributed by atoms with van der Waals surface area (Å²) in [5.74, 6) is -4.22. The summed E-state index contributed by atoms with van der Waals surface area (Å²) < 4.78 is 45.4. The molecule has 0 aliphatic rings. The predicted octanol–water partition coefficient (Wildman–Crippen LogP) is 4.13. The number of amides is 1. The van der Waals surface area contributed by atoms with Crippen LogP contribution in [0.4, 0.5) is 18.9 Å². The van der Waals surface area contributed by atoms with Crippen LogP contribution in [0.15, 0.2) is 34.8 Å². The zero-order valence-corrected chi connectivity index (χ0v) is 12.3. The van der Waals surface area contributed by atoms with Crippen LogP contribution < -0.4 is 10.1 Å². The van der Waals surface area contributed by atoms with E-state index >= 15 is 0 Å². The van der Waals surface area contributed by atoms with Crippen LogP contribution in [0, 0.1) is 17.5 Å². The Hall–Kier alpha value is -2.02. The summed E-state index contributed by atoms with van der Waals surface area (Å²) in [6, 6.07) is 5.65. The predicted molar refractivity (Wildman–Crippen MR) is 75.0 cm³/mol. The van der Waals surface area contributed by atoms with Gasteiger partial charge in [0.2, 0.25) is 0 Å². The molecule has 0 aromatic heterocycles. The number of benzene rings is 2. The summed E-state index contributed by atoms with van der Waals surface area (Å²) in [6.07, 6.45) is 0. The van der Waals surface area contributed by atoms with Gasteiger partial charge in [-0.15, -0.1) is 0 Å². The Balaban J connectivity index is 2.35. The molecular formula is C14H9BrF3NO2. The van der Waals surface area contributed by atoms with Crippen LogP contribution in [-0.2, 0) is 0 Å². The zero-order valence-electron chi connectivity index (χ0n) is 10.7. The summed E-state index contributed by atoms with van der Waals surface area (Å²) in [5, 5.41) is 2.11. The summed E-state index contributed by atoms with van der Waals surface area (Å²) in [4.78, 5) is 12.1. The molecule has 110 valence electrons. The Kier molecular flexibility index (Phi) is 4.52. The standard InChI is InChI=1S/C14H9BrF3NO2/c1-21-12-4-7(15)2-3-9(12)14(20)19-11-6-8(16)5-10(17)13(11)18/h2-6H,1H3,(H,19,20). The van der Waals surface area contributed by atoms with Crippen molar-refractivity contribution < 1.29 is 22.7 Å². The normalized spacial score (nSPS) is 10.3. The van der Waals surface area contributed by atoms with E-state index in [0.717, 1.165) is 0 Å². The highest BCUT2D eigenvalue weighted by Gasteiger charge is 2.17. The highest BCUT2D eigenvalue weighted by atomic mass is 79.9. The molecule has 0 bridgehead atoms. The third-order valence-electron chi connectivity index (χ3n) is 2.65. The number of ether oxygens (including phenoxy) is 1. The Morgan fingerprint density at radius 1 is 1.19 bits per heavy atom. The molecule has 0 aliphatic carbocycles. The quantitative estimate of drug-likeness (QED) is 0.836. The number of hydrogen-bond acceptors (Lipinski definition) is 2. The van der Waals surface area contributed by atoms with E-state index < -0.39 is 29.0 Å². The number of halogens is 4. The molecule has 0 unspecified atom stereocenters. The van der Waals surface area contributed by atoms with E-state index in [1.807, 2.05) is 0 Å². The van der Waals surface area contributed by atoms with E-state index in [9.17, 15) is 18.0 Å². The van der Waals surface area contributed by atoms with E-state index in [-0.39, 0.29) is 11.3 Å². The van der Waals surface area contributed by atoms with Gasteiger partial charge in [-0.05, 0) is 18.2 Å². The fourth-order valence-electron chi connectivity index (χ4n) is 1.69. The van der Waals surface area contributed by atoms with Crippen LogP contribution >= 0.6 is 15.9 Å². The Bertz CT molecular complexity index is 707. The van der Waals surface area contributed by atoms with Gasteiger partial charge in [0.25, 0.3) is 5.91 Å². The molecule has 0 saturated heterocycles.